The highest BCUT2D eigenvalue weighted by Gasteiger charge is 2.48. The molecule has 1 aromatic rings. The molecule has 0 unspecified atom stereocenters. The molecule has 1 aromatic carbocycles. The summed E-state index contributed by atoms with van der Waals surface area (Å²) in [6.07, 6.45) is 23.0. The number of hydrogen-bond acceptors (Lipinski definition) is 7. The van der Waals surface area contributed by atoms with E-state index in [9.17, 15) is 24.9 Å². The van der Waals surface area contributed by atoms with Gasteiger partial charge in [0, 0.05) is 13.1 Å². The lowest BCUT2D eigenvalue weighted by Gasteiger charge is -2.46. The second-order valence-electron chi connectivity index (χ2n) is 15.2. The molecular weight excluding hydrogens is 670 g/mol. The third kappa shape index (κ3) is 20.7. The lowest BCUT2D eigenvalue weighted by molar-refractivity contribution is -0.222. The molecule has 306 valence electrons. The van der Waals surface area contributed by atoms with Gasteiger partial charge in [0.2, 0.25) is 0 Å². The average molecular weight is 748 g/mol. The summed E-state index contributed by atoms with van der Waals surface area (Å²) in [5, 5.41) is 37.6. The number of benzene rings is 1. The summed E-state index contributed by atoms with van der Waals surface area (Å²) >= 11 is 0. The van der Waals surface area contributed by atoms with E-state index >= 15 is 0 Å². The minimum Gasteiger partial charge on any atom is -0.445 e. The van der Waals surface area contributed by atoms with Crippen LogP contribution >= 0.6 is 0 Å². The Morgan fingerprint density at radius 2 is 1.15 bits per heavy atom. The molecule has 53 heavy (non-hydrogen) atoms. The zero-order valence-corrected chi connectivity index (χ0v) is 33.5. The van der Waals surface area contributed by atoms with Crippen molar-refractivity contribution in [1.29, 1.82) is 0 Å². The first-order valence-corrected chi connectivity index (χ1v) is 21.6. The first-order chi connectivity index (χ1) is 25.9. The topological polar surface area (TPSA) is 141 Å². The predicted octanol–water partition coefficient (Wildman–Crippen LogP) is 9.13. The number of carbonyl (C=O) groups is 2. The molecule has 1 saturated heterocycles. The minimum atomic E-state index is -1.50. The summed E-state index contributed by atoms with van der Waals surface area (Å²) < 4.78 is 11.5. The summed E-state index contributed by atoms with van der Waals surface area (Å²) in [5.74, 6) is 0. The van der Waals surface area contributed by atoms with Crippen LogP contribution in [0, 0.1) is 0 Å². The Bertz CT molecular complexity index is 1030. The van der Waals surface area contributed by atoms with Crippen LogP contribution in [0.25, 0.3) is 0 Å². The van der Waals surface area contributed by atoms with Crippen molar-refractivity contribution in [3.63, 3.8) is 0 Å². The van der Waals surface area contributed by atoms with Crippen LogP contribution in [0.4, 0.5) is 9.59 Å². The molecule has 10 nitrogen and oxygen atoms in total. The van der Waals surface area contributed by atoms with E-state index in [-0.39, 0.29) is 12.6 Å². The molecule has 1 aliphatic heterocycles. The van der Waals surface area contributed by atoms with Gasteiger partial charge in [-0.3, -0.25) is 4.90 Å². The molecule has 1 heterocycles. The van der Waals surface area contributed by atoms with Gasteiger partial charge >= 0.3 is 12.1 Å². The summed E-state index contributed by atoms with van der Waals surface area (Å²) in [5.41, 5.74) is 0.797. The van der Waals surface area contributed by atoms with Crippen molar-refractivity contribution in [1.82, 2.24) is 15.5 Å². The maximum absolute atomic E-state index is 13.8. The number of carbonyl (C=O) groups excluding carboxylic acids is 2. The van der Waals surface area contributed by atoms with E-state index < -0.39 is 43.3 Å². The smallest absolute Gasteiger partial charge is 0.407 e. The Kier molecular flexibility index (Phi) is 27.2. The highest BCUT2D eigenvalue weighted by atomic mass is 16.6. The largest absolute Gasteiger partial charge is 0.445 e. The van der Waals surface area contributed by atoms with Crippen LogP contribution in [-0.2, 0) is 16.1 Å². The predicted molar refractivity (Wildman–Crippen MR) is 214 cm³/mol. The number of amides is 3. The molecule has 0 saturated carbocycles. The Morgan fingerprint density at radius 1 is 0.679 bits per heavy atom. The van der Waals surface area contributed by atoms with Crippen LogP contribution in [-0.4, -0.2) is 82.6 Å². The van der Waals surface area contributed by atoms with E-state index in [1.54, 1.807) is 0 Å². The Morgan fingerprint density at radius 3 is 1.64 bits per heavy atom. The maximum atomic E-state index is 13.8. The van der Waals surface area contributed by atoms with Crippen molar-refractivity contribution in [3.05, 3.63) is 35.9 Å². The van der Waals surface area contributed by atoms with Crippen LogP contribution < -0.4 is 10.6 Å². The van der Waals surface area contributed by atoms with Gasteiger partial charge in [-0.25, -0.2) is 9.59 Å². The Balaban J connectivity index is 1.93. The van der Waals surface area contributed by atoms with Gasteiger partial charge in [-0.05, 0) is 18.4 Å². The van der Waals surface area contributed by atoms with Gasteiger partial charge in [0.25, 0.3) is 0 Å². The lowest BCUT2D eigenvalue weighted by Crippen LogP contribution is -2.69. The van der Waals surface area contributed by atoms with Crippen LogP contribution in [0.1, 0.15) is 174 Å². The number of aliphatic hydroxyl groups is 3. The number of ether oxygens (including phenoxy) is 2. The van der Waals surface area contributed by atoms with E-state index in [2.05, 4.69) is 24.5 Å². The molecule has 1 aliphatic rings. The van der Waals surface area contributed by atoms with Crippen LogP contribution in [0.15, 0.2) is 30.3 Å². The monoisotopic (exact) mass is 748 g/mol. The van der Waals surface area contributed by atoms with E-state index in [1.807, 2.05) is 30.3 Å². The summed E-state index contributed by atoms with van der Waals surface area (Å²) in [6, 6.07) is 7.71. The number of nitrogens with one attached hydrogen (secondary N) is 2. The number of alkyl carbamates (subject to hydrolysis) is 1. The fourth-order valence-electron chi connectivity index (χ4n) is 7.15. The highest BCUT2D eigenvalue weighted by molar-refractivity contribution is 5.75. The first kappa shape index (κ1) is 46.8. The standard InChI is InChI=1S/C43H77N3O7/c1-3-5-7-9-11-13-15-17-19-21-23-28-32-44-42(50)46(33-29-24-22-20-18-16-14-12-10-8-6-4-2)41-38(40(49)39(48)37(34-47)53-41)45-43(51)52-35-36-30-26-25-27-31-36/h25-27,30-31,37-41,47-49H,3-24,28-29,32-35H2,1-2H3,(H,44,50)(H,45,51)/t37-,38-,39+,40-,41-/m1/s1. The number of rotatable bonds is 31. The number of unbranched alkanes of at least 4 members (excludes halogenated alkanes) is 22. The molecule has 2 rings (SSSR count). The van der Waals surface area contributed by atoms with Crippen LogP contribution in [0.3, 0.4) is 0 Å². The zero-order valence-electron chi connectivity index (χ0n) is 33.5. The molecule has 0 aromatic heterocycles. The zero-order chi connectivity index (χ0) is 38.4. The number of nitrogens with zero attached hydrogens (tertiary/aromatic N) is 1. The third-order valence-corrected chi connectivity index (χ3v) is 10.5. The van der Waals surface area contributed by atoms with Gasteiger partial charge in [0.1, 0.15) is 31.0 Å². The summed E-state index contributed by atoms with van der Waals surface area (Å²) in [4.78, 5) is 28.3. The molecule has 1 fully saturated rings. The van der Waals surface area contributed by atoms with E-state index in [4.69, 9.17) is 9.47 Å². The fourth-order valence-corrected chi connectivity index (χ4v) is 7.15. The molecule has 3 amide bonds. The van der Waals surface area contributed by atoms with Gasteiger partial charge in [0.15, 0.2) is 6.23 Å². The maximum Gasteiger partial charge on any atom is 0.407 e. The van der Waals surface area contributed by atoms with E-state index in [0.717, 1.165) is 50.5 Å². The van der Waals surface area contributed by atoms with Gasteiger partial charge in [-0.15, -0.1) is 0 Å². The third-order valence-electron chi connectivity index (χ3n) is 10.5. The number of aliphatic hydroxyl groups excluding tert-OH is 3. The van der Waals surface area contributed by atoms with E-state index in [0.29, 0.717) is 13.1 Å². The minimum absolute atomic E-state index is 0.0188. The second kappa shape index (κ2) is 30.9. The van der Waals surface area contributed by atoms with Crippen molar-refractivity contribution in [2.45, 2.75) is 205 Å². The summed E-state index contributed by atoms with van der Waals surface area (Å²) in [7, 11) is 0. The lowest BCUT2D eigenvalue weighted by atomic mass is 9.95. The van der Waals surface area contributed by atoms with Crippen LogP contribution in [0.5, 0.6) is 0 Å². The van der Waals surface area contributed by atoms with Crippen molar-refractivity contribution in [2.24, 2.45) is 0 Å². The number of hydrogen-bond donors (Lipinski definition) is 5. The van der Waals surface area contributed by atoms with Gasteiger partial charge in [0.05, 0.1) is 6.61 Å². The van der Waals surface area contributed by atoms with Gasteiger partial charge < -0.3 is 35.4 Å². The second-order valence-corrected chi connectivity index (χ2v) is 15.2. The Hall–Kier alpha value is -2.40. The molecular formula is C43H77N3O7. The first-order valence-electron chi connectivity index (χ1n) is 21.6. The van der Waals surface area contributed by atoms with Crippen molar-refractivity contribution < 1.29 is 34.4 Å². The Labute approximate surface area is 322 Å². The quantitative estimate of drug-likeness (QED) is 0.0477. The van der Waals surface area contributed by atoms with E-state index in [1.165, 1.54) is 114 Å². The van der Waals surface area contributed by atoms with Crippen LogP contribution in [0.2, 0.25) is 0 Å². The molecule has 5 atom stereocenters. The van der Waals surface area contributed by atoms with Gasteiger partial charge in [-0.2, -0.15) is 0 Å². The molecule has 10 heteroatoms. The van der Waals surface area contributed by atoms with Crippen molar-refractivity contribution in [3.8, 4) is 0 Å². The number of urea groups is 1. The van der Waals surface area contributed by atoms with Gasteiger partial charge in [-0.1, -0.05) is 185 Å². The molecule has 0 spiro atoms. The normalized spacial score (nSPS) is 19.9. The highest BCUT2D eigenvalue weighted by Crippen LogP contribution is 2.25. The van der Waals surface area contributed by atoms with Crippen molar-refractivity contribution in [2.75, 3.05) is 19.7 Å². The fraction of sp³-hybridized carbons (Fsp3) is 0.814. The molecule has 0 radical (unpaired) electrons. The molecule has 5 N–H and O–H groups in total. The summed E-state index contributed by atoms with van der Waals surface area (Å²) in [6.45, 7) is 4.80. The molecule has 0 bridgehead atoms. The SMILES string of the molecule is CCCCCCCCCCCCCCNC(=O)N(CCCCCCCCCCCCCC)[C@@H]1O[C@H](CO)[C@H](O)[C@H](O)[C@H]1NC(=O)OCc1ccccc1. The average Bonchev–Trinajstić information content (AvgIpc) is 3.17. The molecule has 0 aliphatic carbocycles. The van der Waals surface area contributed by atoms with Crippen molar-refractivity contribution >= 4 is 12.1 Å².